The second-order valence-electron chi connectivity index (χ2n) is 6.80. The highest BCUT2D eigenvalue weighted by molar-refractivity contribution is 7.17. The highest BCUT2D eigenvalue weighted by atomic mass is 35.5. The van der Waals surface area contributed by atoms with E-state index in [9.17, 15) is 22.8 Å². The monoisotopic (exact) mass is 426 g/mol. The first-order valence-electron chi connectivity index (χ1n) is 8.40. The van der Waals surface area contributed by atoms with E-state index in [4.69, 9.17) is 11.6 Å². The summed E-state index contributed by atoms with van der Waals surface area (Å²) in [6, 6.07) is 5.91. The summed E-state index contributed by atoms with van der Waals surface area (Å²) in [6.45, 7) is -2.02. The Kier molecular flexibility index (Phi) is 4.71. The number of aromatic nitrogens is 1. The Morgan fingerprint density at radius 3 is 2.71 bits per heavy atom. The molecule has 0 unspecified atom stereocenters. The molecule has 1 aliphatic heterocycles. The first-order chi connectivity index (χ1) is 13.3. The third-order valence-electron chi connectivity index (χ3n) is 4.78. The van der Waals surface area contributed by atoms with Crippen LogP contribution in [0, 0.1) is 5.82 Å². The van der Waals surface area contributed by atoms with Crippen LogP contribution in [0.15, 0.2) is 40.6 Å². The van der Waals surface area contributed by atoms with E-state index in [1.54, 1.807) is 11.4 Å². The molecule has 0 spiro atoms. The molecule has 0 bridgehead atoms. The van der Waals surface area contributed by atoms with Gasteiger partial charge in [-0.3, -0.25) is 9.59 Å². The van der Waals surface area contributed by atoms with Crippen molar-refractivity contribution in [2.45, 2.75) is 12.2 Å². The van der Waals surface area contributed by atoms with Crippen LogP contribution in [0.4, 0.5) is 13.2 Å². The molecular weight excluding hydrogens is 413 g/mol. The molecule has 1 amide bonds. The highest BCUT2D eigenvalue weighted by Gasteiger charge is 2.45. The summed E-state index contributed by atoms with van der Waals surface area (Å²) >= 11 is 7.20. The maximum absolute atomic E-state index is 13.7. The zero-order valence-corrected chi connectivity index (χ0v) is 16.0. The average molecular weight is 427 g/mol. The number of carbonyl (C=O) groups is 1. The zero-order valence-electron chi connectivity index (χ0n) is 14.4. The normalized spacial score (nSPS) is 15.6. The lowest BCUT2D eigenvalue weighted by Gasteiger charge is -2.42. The molecular formula is C19H14ClF3N2O2S. The molecule has 0 N–H and O–H groups in total. The second-order valence-corrected chi connectivity index (χ2v) is 8.12. The van der Waals surface area contributed by atoms with E-state index in [2.05, 4.69) is 0 Å². The molecule has 146 valence electrons. The maximum atomic E-state index is 13.7. The van der Waals surface area contributed by atoms with Crippen LogP contribution >= 0.6 is 22.9 Å². The fourth-order valence-corrected chi connectivity index (χ4v) is 4.36. The van der Waals surface area contributed by atoms with E-state index in [-0.39, 0.29) is 30.2 Å². The van der Waals surface area contributed by atoms with Crippen molar-refractivity contribution in [3.8, 4) is 11.1 Å². The Balaban J connectivity index is 1.66. The quantitative estimate of drug-likeness (QED) is 0.632. The first kappa shape index (κ1) is 19.0. The Bertz CT molecular complexity index is 1140. The van der Waals surface area contributed by atoms with E-state index >= 15 is 0 Å². The van der Waals surface area contributed by atoms with Crippen LogP contribution in [0.1, 0.15) is 0 Å². The molecule has 1 saturated heterocycles. The smallest absolute Gasteiger partial charge is 0.260 e. The van der Waals surface area contributed by atoms with Crippen molar-refractivity contribution in [3.63, 3.8) is 0 Å². The molecule has 0 radical (unpaired) electrons. The lowest BCUT2D eigenvalue weighted by molar-refractivity contribution is -0.147. The summed E-state index contributed by atoms with van der Waals surface area (Å²) in [6.07, 6.45) is 1.50. The van der Waals surface area contributed by atoms with Crippen molar-refractivity contribution in [1.82, 2.24) is 9.47 Å². The van der Waals surface area contributed by atoms with Crippen LogP contribution in [0.25, 0.3) is 21.2 Å². The molecule has 28 heavy (non-hydrogen) atoms. The van der Waals surface area contributed by atoms with Gasteiger partial charge >= 0.3 is 0 Å². The van der Waals surface area contributed by atoms with Crippen molar-refractivity contribution in [2.75, 3.05) is 19.8 Å². The Labute approximate surface area is 166 Å². The van der Waals surface area contributed by atoms with Crippen molar-refractivity contribution in [3.05, 3.63) is 57.0 Å². The standard InChI is InChI=1S/C19H14ClF3N2O2S/c20-13-5-11(1-2-14(13)22)12-7-28-15-3-4-24(18(27)17(12)15)6-16(26)25-9-19(23,8-21)10-25/h1-5,7H,6,8-10H2. The van der Waals surface area contributed by atoms with E-state index < -0.39 is 24.1 Å². The van der Waals surface area contributed by atoms with Gasteiger partial charge in [-0.05, 0) is 23.8 Å². The summed E-state index contributed by atoms with van der Waals surface area (Å²) in [7, 11) is 0. The molecule has 3 aromatic rings. The van der Waals surface area contributed by atoms with Crippen LogP contribution in [0.5, 0.6) is 0 Å². The number of hydrogen-bond donors (Lipinski definition) is 0. The molecule has 0 aliphatic carbocycles. The summed E-state index contributed by atoms with van der Waals surface area (Å²) in [5.41, 5.74) is -1.18. The van der Waals surface area contributed by atoms with Gasteiger partial charge in [-0.15, -0.1) is 11.3 Å². The molecule has 4 rings (SSSR count). The lowest BCUT2D eigenvalue weighted by atomic mass is 9.98. The third-order valence-corrected chi connectivity index (χ3v) is 6.01. The topological polar surface area (TPSA) is 42.3 Å². The summed E-state index contributed by atoms with van der Waals surface area (Å²) < 4.78 is 41.6. The number of halogens is 4. The molecule has 2 aromatic heterocycles. The minimum absolute atomic E-state index is 0.0522. The first-order valence-corrected chi connectivity index (χ1v) is 9.66. The number of likely N-dealkylation sites (tertiary alicyclic amines) is 1. The number of rotatable bonds is 4. The van der Waals surface area contributed by atoms with Crippen LogP contribution in [0.2, 0.25) is 5.02 Å². The number of alkyl halides is 2. The minimum atomic E-state index is -1.98. The molecule has 0 saturated carbocycles. The molecule has 1 fully saturated rings. The van der Waals surface area contributed by atoms with Gasteiger partial charge in [0.05, 0.1) is 23.5 Å². The molecule has 9 heteroatoms. The summed E-state index contributed by atoms with van der Waals surface area (Å²) in [5.74, 6) is -1.01. The molecule has 3 heterocycles. The van der Waals surface area contributed by atoms with Gasteiger partial charge in [0.25, 0.3) is 5.56 Å². The number of nitrogens with zero attached hydrogens (tertiary/aromatic N) is 2. The van der Waals surface area contributed by atoms with E-state index in [1.165, 1.54) is 45.2 Å². The number of benzene rings is 1. The number of carbonyl (C=O) groups excluding carboxylic acids is 1. The van der Waals surface area contributed by atoms with Crippen LogP contribution in [-0.2, 0) is 11.3 Å². The number of thiophene rings is 1. The van der Waals surface area contributed by atoms with Gasteiger partial charge in [0.1, 0.15) is 19.0 Å². The zero-order chi connectivity index (χ0) is 20.1. The number of hydrogen-bond acceptors (Lipinski definition) is 3. The van der Waals surface area contributed by atoms with Gasteiger partial charge in [0, 0.05) is 21.8 Å². The number of amides is 1. The van der Waals surface area contributed by atoms with E-state index in [0.717, 1.165) is 0 Å². The maximum Gasteiger partial charge on any atom is 0.260 e. The van der Waals surface area contributed by atoms with Crippen LogP contribution < -0.4 is 5.56 Å². The minimum Gasteiger partial charge on any atom is -0.334 e. The largest absolute Gasteiger partial charge is 0.334 e. The SMILES string of the molecule is O=C(Cn1ccc2scc(-c3ccc(F)c(Cl)c3)c2c1=O)N1CC(F)(CF)C1. The Hall–Kier alpha value is -2.32. The molecule has 4 nitrogen and oxygen atoms in total. The van der Waals surface area contributed by atoms with E-state index in [1.807, 2.05) is 0 Å². The van der Waals surface area contributed by atoms with Gasteiger partial charge in [-0.25, -0.2) is 13.2 Å². The third kappa shape index (κ3) is 3.20. The molecule has 1 aromatic carbocycles. The van der Waals surface area contributed by atoms with Crippen molar-refractivity contribution >= 4 is 38.9 Å². The predicted molar refractivity (Wildman–Crippen MR) is 103 cm³/mol. The summed E-state index contributed by atoms with van der Waals surface area (Å²) in [4.78, 5) is 26.4. The number of pyridine rings is 1. The van der Waals surface area contributed by atoms with Gasteiger partial charge in [0.2, 0.25) is 5.91 Å². The van der Waals surface area contributed by atoms with Gasteiger partial charge in [-0.2, -0.15) is 0 Å². The predicted octanol–water partition coefficient (Wildman–Crippen LogP) is 4.04. The van der Waals surface area contributed by atoms with Crippen LogP contribution in [0.3, 0.4) is 0 Å². The number of fused-ring (bicyclic) bond motifs is 1. The Morgan fingerprint density at radius 1 is 1.29 bits per heavy atom. The fourth-order valence-electron chi connectivity index (χ4n) is 3.23. The van der Waals surface area contributed by atoms with Crippen molar-refractivity contribution in [2.24, 2.45) is 0 Å². The second kappa shape index (κ2) is 6.93. The van der Waals surface area contributed by atoms with E-state index in [0.29, 0.717) is 21.2 Å². The highest BCUT2D eigenvalue weighted by Crippen LogP contribution is 2.33. The molecule has 1 aliphatic rings. The fraction of sp³-hybridized carbons (Fsp3) is 0.263. The van der Waals surface area contributed by atoms with Crippen LogP contribution in [-0.4, -0.2) is 40.8 Å². The van der Waals surface area contributed by atoms with Gasteiger partial charge in [-0.1, -0.05) is 17.7 Å². The van der Waals surface area contributed by atoms with Crippen molar-refractivity contribution < 1.29 is 18.0 Å². The van der Waals surface area contributed by atoms with Crippen molar-refractivity contribution in [1.29, 1.82) is 0 Å². The molecule has 0 atom stereocenters. The average Bonchev–Trinajstić information content (AvgIpc) is 3.08. The van der Waals surface area contributed by atoms with Gasteiger partial charge < -0.3 is 9.47 Å². The van der Waals surface area contributed by atoms with Gasteiger partial charge in [0.15, 0.2) is 5.67 Å². The summed E-state index contributed by atoms with van der Waals surface area (Å²) in [5, 5.41) is 2.12. The Morgan fingerprint density at radius 2 is 2.04 bits per heavy atom. The lowest BCUT2D eigenvalue weighted by Crippen LogP contribution is -2.62.